The van der Waals surface area contributed by atoms with Crippen molar-refractivity contribution >= 4 is 0 Å². The Morgan fingerprint density at radius 3 is 2.67 bits per heavy atom. The maximum Gasteiger partial charge on any atom is 0.389 e. The monoisotopic (exact) mass is 310 g/mol. The molecule has 1 spiro atoms. The van der Waals surface area contributed by atoms with E-state index in [4.69, 9.17) is 19.2 Å². The fourth-order valence-corrected chi connectivity index (χ4v) is 3.86. The molecule has 4 aliphatic rings. The van der Waals surface area contributed by atoms with Crippen molar-refractivity contribution in [2.45, 2.75) is 75.2 Å². The van der Waals surface area contributed by atoms with Gasteiger partial charge in [-0.05, 0) is 25.2 Å². The highest BCUT2D eigenvalue weighted by Crippen LogP contribution is 2.53. The van der Waals surface area contributed by atoms with Crippen molar-refractivity contribution in [3.05, 3.63) is 0 Å². The smallest absolute Gasteiger partial charge is 0.353 e. The van der Waals surface area contributed by atoms with Gasteiger partial charge in [-0.1, -0.05) is 12.8 Å². The van der Waals surface area contributed by atoms with E-state index in [0.717, 1.165) is 32.1 Å². The molecular formula is C14H21F3O4. The fourth-order valence-electron chi connectivity index (χ4n) is 3.86. The second-order valence-electron chi connectivity index (χ2n) is 6.31. The molecule has 4 nitrogen and oxygen atoms in total. The van der Waals surface area contributed by atoms with E-state index in [1.807, 2.05) is 0 Å². The first-order valence-electron chi connectivity index (χ1n) is 7.53. The molecule has 1 aliphatic carbocycles. The Balaban J connectivity index is 1.81. The minimum Gasteiger partial charge on any atom is -0.353 e. The number of fused-ring (bicyclic) bond motifs is 3. The molecule has 3 heterocycles. The van der Waals surface area contributed by atoms with Crippen molar-refractivity contribution < 1.29 is 32.4 Å². The van der Waals surface area contributed by atoms with E-state index in [2.05, 4.69) is 0 Å². The van der Waals surface area contributed by atoms with Gasteiger partial charge >= 0.3 is 6.18 Å². The van der Waals surface area contributed by atoms with Crippen LogP contribution in [0, 0.1) is 5.92 Å². The van der Waals surface area contributed by atoms with E-state index in [1.54, 1.807) is 0 Å². The SMILES string of the molecule is COC1O[C@@]2(CCC(F)(F)F)CCC3CCCC[C@]31OO2. The molecule has 21 heavy (non-hydrogen) atoms. The molecule has 1 saturated carbocycles. The summed E-state index contributed by atoms with van der Waals surface area (Å²) in [4.78, 5) is 11.0. The van der Waals surface area contributed by atoms with Gasteiger partial charge in [0.05, 0.1) is 0 Å². The van der Waals surface area contributed by atoms with Gasteiger partial charge in [-0.3, -0.25) is 0 Å². The van der Waals surface area contributed by atoms with Crippen LogP contribution in [0.4, 0.5) is 13.2 Å². The first kappa shape index (κ1) is 15.5. The van der Waals surface area contributed by atoms with Gasteiger partial charge < -0.3 is 9.47 Å². The zero-order chi connectivity index (χ0) is 15.1. The van der Waals surface area contributed by atoms with Crippen LogP contribution in [0.5, 0.6) is 0 Å². The van der Waals surface area contributed by atoms with Gasteiger partial charge in [-0.15, -0.1) is 0 Å². The Morgan fingerprint density at radius 2 is 1.95 bits per heavy atom. The van der Waals surface area contributed by atoms with Crippen molar-refractivity contribution in [1.29, 1.82) is 0 Å². The average molecular weight is 310 g/mol. The van der Waals surface area contributed by atoms with Crippen molar-refractivity contribution in [2.24, 2.45) is 5.92 Å². The lowest BCUT2D eigenvalue weighted by atomic mass is 9.73. The van der Waals surface area contributed by atoms with Crippen LogP contribution in [0.15, 0.2) is 0 Å². The number of rotatable bonds is 3. The molecule has 0 aromatic carbocycles. The summed E-state index contributed by atoms with van der Waals surface area (Å²) in [6, 6.07) is 0. The van der Waals surface area contributed by atoms with Gasteiger partial charge in [-0.2, -0.15) is 13.2 Å². The van der Waals surface area contributed by atoms with Crippen molar-refractivity contribution in [3.63, 3.8) is 0 Å². The van der Waals surface area contributed by atoms with Crippen LogP contribution in [-0.4, -0.2) is 31.0 Å². The number of hydrogen-bond acceptors (Lipinski definition) is 4. The molecular weight excluding hydrogens is 289 g/mol. The highest BCUT2D eigenvalue weighted by molar-refractivity contribution is 4.99. The Bertz CT molecular complexity index is 385. The van der Waals surface area contributed by atoms with Crippen LogP contribution in [0.1, 0.15) is 51.4 Å². The lowest BCUT2D eigenvalue weighted by Gasteiger charge is -2.49. The van der Waals surface area contributed by atoms with Crippen LogP contribution in [0.2, 0.25) is 0 Å². The number of hydrogen-bond donors (Lipinski definition) is 0. The van der Waals surface area contributed by atoms with E-state index in [1.165, 1.54) is 7.11 Å². The summed E-state index contributed by atoms with van der Waals surface area (Å²) in [5, 5.41) is 0. The molecule has 3 saturated heterocycles. The van der Waals surface area contributed by atoms with Gasteiger partial charge in [0.1, 0.15) is 0 Å². The van der Waals surface area contributed by atoms with Crippen molar-refractivity contribution in [2.75, 3.05) is 7.11 Å². The molecule has 0 N–H and O–H groups in total. The Kier molecular flexibility index (Phi) is 3.97. The van der Waals surface area contributed by atoms with Gasteiger partial charge in [0.2, 0.25) is 5.79 Å². The van der Waals surface area contributed by atoms with Gasteiger partial charge in [0, 0.05) is 26.4 Å². The molecule has 4 rings (SSSR count). The lowest BCUT2D eigenvalue weighted by Crippen LogP contribution is -2.60. The maximum absolute atomic E-state index is 12.5. The standard InChI is InChI=1S/C14H21F3O4/c1-18-11-13-6-3-2-4-10(13)5-7-12(19-11,20-21-13)8-9-14(15,16)17/h10-11H,2-9H2,1H3/t10?,11?,12-,13-/m0/s1. The summed E-state index contributed by atoms with van der Waals surface area (Å²) >= 11 is 0. The third-order valence-electron chi connectivity index (χ3n) is 5.01. The van der Waals surface area contributed by atoms with Gasteiger partial charge in [0.25, 0.3) is 0 Å². The maximum atomic E-state index is 12.5. The van der Waals surface area contributed by atoms with E-state index >= 15 is 0 Å². The molecule has 3 aliphatic heterocycles. The van der Waals surface area contributed by atoms with E-state index in [9.17, 15) is 13.2 Å². The normalized spacial score (nSPS) is 43.4. The van der Waals surface area contributed by atoms with Crippen LogP contribution in [0.3, 0.4) is 0 Å². The summed E-state index contributed by atoms with van der Waals surface area (Å²) in [6.07, 6.45) is -1.14. The van der Waals surface area contributed by atoms with Crippen LogP contribution < -0.4 is 0 Å². The Morgan fingerprint density at radius 1 is 1.14 bits per heavy atom. The van der Waals surface area contributed by atoms with Crippen LogP contribution in [0.25, 0.3) is 0 Å². The molecule has 0 amide bonds. The zero-order valence-electron chi connectivity index (χ0n) is 12.1. The number of ether oxygens (including phenoxy) is 2. The second-order valence-corrected chi connectivity index (χ2v) is 6.31. The fraction of sp³-hybridized carbons (Fsp3) is 1.00. The highest BCUT2D eigenvalue weighted by Gasteiger charge is 2.61. The largest absolute Gasteiger partial charge is 0.389 e. The molecule has 0 radical (unpaired) electrons. The van der Waals surface area contributed by atoms with E-state index < -0.39 is 30.3 Å². The molecule has 4 atom stereocenters. The molecule has 7 heteroatoms. The molecule has 2 unspecified atom stereocenters. The highest BCUT2D eigenvalue weighted by atomic mass is 19.4. The van der Waals surface area contributed by atoms with E-state index in [-0.39, 0.29) is 12.3 Å². The van der Waals surface area contributed by atoms with Gasteiger partial charge in [0.15, 0.2) is 11.9 Å². The van der Waals surface area contributed by atoms with Crippen LogP contribution in [-0.2, 0) is 19.2 Å². The predicted molar refractivity (Wildman–Crippen MR) is 66.0 cm³/mol. The Hall–Kier alpha value is -0.370. The molecule has 2 bridgehead atoms. The third kappa shape index (κ3) is 2.81. The summed E-state index contributed by atoms with van der Waals surface area (Å²) in [6.45, 7) is 0. The zero-order valence-corrected chi connectivity index (χ0v) is 12.1. The molecule has 4 fully saturated rings. The summed E-state index contributed by atoms with van der Waals surface area (Å²) in [5.74, 6) is -1.12. The number of methoxy groups -OCH3 is 1. The summed E-state index contributed by atoms with van der Waals surface area (Å²) in [5.41, 5.74) is -0.661. The molecule has 0 aromatic rings. The van der Waals surface area contributed by atoms with E-state index in [0.29, 0.717) is 6.42 Å². The van der Waals surface area contributed by atoms with Crippen molar-refractivity contribution in [3.8, 4) is 0 Å². The van der Waals surface area contributed by atoms with Gasteiger partial charge in [-0.25, -0.2) is 9.78 Å². The quantitative estimate of drug-likeness (QED) is 0.745. The average Bonchev–Trinajstić information content (AvgIpc) is 2.70. The van der Waals surface area contributed by atoms with Crippen LogP contribution >= 0.6 is 0 Å². The topological polar surface area (TPSA) is 36.9 Å². The van der Waals surface area contributed by atoms with Crippen molar-refractivity contribution in [1.82, 2.24) is 0 Å². The third-order valence-corrected chi connectivity index (χ3v) is 5.01. The predicted octanol–water partition coefficient (Wildman–Crippen LogP) is 3.70. The molecule has 0 aromatic heterocycles. The number of halogens is 3. The first-order valence-corrected chi connectivity index (χ1v) is 7.53. The minimum atomic E-state index is -4.24. The summed E-state index contributed by atoms with van der Waals surface area (Å²) < 4.78 is 48.8. The summed E-state index contributed by atoms with van der Waals surface area (Å²) in [7, 11) is 1.51. The molecule has 122 valence electrons. The first-order chi connectivity index (χ1) is 9.89. The second kappa shape index (κ2) is 5.37. The minimum absolute atomic E-state index is 0.214. The lowest BCUT2D eigenvalue weighted by molar-refractivity contribution is -0.553. The number of alkyl halides is 3. The Labute approximate surface area is 121 Å².